The third-order valence-corrected chi connectivity index (χ3v) is 4.76. The van der Waals surface area contributed by atoms with E-state index in [1.807, 2.05) is 0 Å². The second-order valence-electron chi connectivity index (χ2n) is 4.26. The highest BCUT2D eigenvalue weighted by Crippen LogP contribution is 2.16. The van der Waals surface area contributed by atoms with E-state index in [1.165, 1.54) is 4.31 Å². The lowest BCUT2D eigenvalue weighted by molar-refractivity contribution is 0.0620. The Balaban J connectivity index is 2.40. The molecule has 96 valence electrons. The van der Waals surface area contributed by atoms with Crippen molar-refractivity contribution < 1.29 is 13.2 Å². The van der Waals surface area contributed by atoms with Gasteiger partial charge in [-0.3, -0.25) is 0 Å². The Morgan fingerprint density at radius 3 is 2.56 bits per heavy atom. The van der Waals surface area contributed by atoms with Crippen molar-refractivity contribution in [3.05, 3.63) is 0 Å². The molecule has 0 aromatic carbocycles. The van der Waals surface area contributed by atoms with Gasteiger partial charge in [-0.1, -0.05) is 0 Å². The molecule has 5 nitrogen and oxygen atoms in total. The van der Waals surface area contributed by atoms with Crippen molar-refractivity contribution in [1.29, 1.82) is 0 Å². The van der Waals surface area contributed by atoms with Gasteiger partial charge in [0.15, 0.2) is 0 Å². The van der Waals surface area contributed by atoms with E-state index in [-0.39, 0.29) is 5.75 Å². The number of nitrogens with one attached hydrogen (secondary N) is 1. The number of hydrogen-bond acceptors (Lipinski definition) is 4. The second-order valence-corrected chi connectivity index (χ2v) is 6.45. The van der Waals surface area contributed by atoms with Crippen molar-refractivity contribution in [2.75, 3.05) is 46.2 Å². The molecule has 0 saturated carbocycles. The first kappa shape index (κ1) is 13.9. The van der Waals surface area contributed by atoms with Gasteiger partial charge in [-0.15, -0.1) is 0 Å². The number of nitrogens with zero attached hydrogens (tertiary/aromatic N) is 1. The van der Waals surface area contributed by atoms with Gasteiger partial charge in [0.1, 0.15) is 0 Å². The molecule has 0 unspecified atom stereocenters. The van der Waals surface area contributed by atoms with Crippen LogP contribution in [0.4, 0.5) is 0 Å². The van der Waals surface area contributed by atoms with Gasteiger partial charge in [0, 0.05) is 33.4 Å². The summed E-state index contributed by atoms with van der Waals surface area (Å²) in [5, 5.41) is 2.86. The highest BCUT2D eigenvalue weighted by molar-refractivity contribution is 7.89. The van der Waals surface area contributed by atoms with E-state index in [9.17, 15) is 8.42 Å². The molecule has 0 aliphatic carbocycles. The summed E-state index contributed by atoms with van der Waals surface area (Å²) in [5.41, 5.74) is 0. The number of hydrogen-bond donors (Lipinski definition) is 1. The predicted octanol–water partition coefficient (Wildman–Crippen LogP) is -0.106. The Morgan fingerprint density at radius 1 is 1.38 bits per heavy atom. The van der Waals surface area contributed by atoms with Gasteiger partial charge in [0.25, 0.3) is 0 Å². The van der Waals surface area contributed by atoms with Gasteiger partial charge in [0.05, 0.1) is 5.75 Å². The van der Waals surface area contributed by atoms with Crippen LogP contribution in [0.5, 0.6) is 0 Å². The van der Waals surface area contributed by atoms with Crippen molar-refractivity contribution >= 4 is 10.0 Å². The van der Waals surface area contributed by atoms with Gasteiger partial charge in [-0.2, -0.15) is 0 Å². The van der Waals surface area contributed by atoms with Gasteiger partial charge in [0.2, 0.25) is 10.0 Å². The summed E-state index contributed by atoms with van der Waals surface area (Å²) < 4.78 is 30.4. The summed E-state index contributed by atoms with van der Waals surface area (Å²) in [4.78, 5) is 0. The minimum absolute atomic E-state index is 0.170. The molecule has 0 bridgehead atoms. The zero-order chi connectivity index (χ0) is 12.0. The molecule has 0 amide bonds. The van der Waals surface area contributed by atoms with Crippen molar-refractivity contribution in [2.45, 2.75) is 12.8 Å². The molecule has 1 aliphatic rings. The highest BCUT2D eigenvalue weighted by atomic mass is 32.2. The van der Waals surface area contributed by atoms with Crippen LogP contribution in [0.15, 0.2) is 0 Å². The zero-order valence-corrected chi connectivity index (χ0v) is 10.9. The molecular weight excluding hydrogens is 228 g/mol. The van der Waals surface area contributed by atoms with Crippen LogP contribution in [0.1, 0.15) is 12.8 Å². The second kappa shape index (κ2) is 6.54. The Kier molecular flexibility index (Phi) is 5.68. The summed E-state index contributed by atoms with van der Waals surface area (Å²) in [7, 11) is 0.333. The quantitative estimate of drug-likeness (QED) is 0.715. The summed E-state index contributed by atoms with van der Waals surface area (Å²) in [6.07, 6.45) is 1.93. The van der Waals surface area contributed by atoms with Crippen molar-refractivity contribution in [2.24, 2.45) is 5.92 Å². The van der Waals surface area contributed by atoms with Crippen molar-refractivity contribution in [3.8, 4) is 0 Å². The molecule has 1 aliphatic heterocycles. The lowest BCUT2D eigenvalue weighted by Crippen LogP contribution is -2.37. The lowest BCUT2D eigenvalue weighted by atomic mass is 10.0. The third-order valence-electron chi connectivity index (χ3n) is 2.94. The Morgan fingerprint density at radius 2 is 2.00 bits per heavy atom. The summed E-state index contributed by atoms with van der Waals surface area (Å²) in [6.45, 7) is 2.64. The monoisotopic (exact) mass is 250 g/mol. The van der Waals surface area contributed by atoms with E-state index in [0.717, 1.165) is 26.1 Å². The molecule has 6 heteroatoms. The van der Waals surface area contributed by atoms with Crippen LogP contribution in [0, 0.1) is 5.92 Å². The topological polar surface area (TPSA) is 58.6 Å². The molecule has 0 atom stereocenters. The fraction of sp³-hybridized carbons (Fsp3) is 1.00. The number of ether oxygens (including phenoxy) is 1. The van der Waals surface area contributed by atoms with Gasteiger partial charge < -0.3 is 10.1 Å². The molecule has 16 heavy (non-hydrogen) atoms. The first-order valence-corrected chi connectivity index (χ1v) is 7.33. The minimum atomic E-state index is -3.09. The SMILES string of the molecule is CNCCS(=O)(=O)N(C)CC1CCOCC1. The van der Waals surface area contributed by atoms with Gasteiger partial charge >= 0.3 is 0 Å². The summed E-state index contributed by atoms with van der Waals surface area (Å²) >= 11 is 0. The fourth-order valence-electron chi connectivity index (χ4n) is 1.79. The van der Waals surface area contributed by atoms with Crippen LogP contribution in [0.3, 0.4) is 0 Å². The standard InChI is InChI=1S/C10H22N2O3S/c1-11-5-8-16(13,14)12(2)9-10-3-6-15-7-4-10/h10-11H,3-9H2,1-2H3. The molecular formula is C10H22N2O3S. The van der Waals surface area contributed by atoms with Gasteiger partial charge in [-0.25, -0.2) is 12.7 Å². The molecule has 0 aromatic heterocycles. The fourth-order valence-corrected chi connectivity index (χ4v) is 3.00. The molecule has 1 saturated heterocycles. The largest absolute Gasteiger partial charge is 0.381 e. The summed E-state index contributed by atoms with van der Waals surface area (Å²) in [6, 6.07) is 0. The first-order chi connectivity index (χ1) is 7.56. The van der Waals surface area contributed by atoms with Crippen LogP contribution in [0.2, 0.25) is 0 Å². The molecule has 0 radical (unpaired) electrons. The Labute approximate surface area is 98.2 Å². The number of sulfonamides is 1. The number of rotatable bonds is 6. The average molecular weight is 250 g/mol. The van der Waals surface area contributed by atoms with Crippen molar-refractivity contribution in [3.63, 3.8) is 0 Å². The maximum Gasteiger partial charge on any atom is 0.215 e. The molecule has 1 N–H and O–H groups in total. The van der Waals surface area contributed by atoms with Crippen LogP contribution >= 0.6 is 0 Å². The molecule has 1 rings (SSSR count). The Hall–Kier alpha value is -0.170. The first-order valence-electron chi connectivity index (χ1n) is 5.72. The van der Waals surface area contributed by atoms with Crippen LogP contribution in [-0.4, -0.2) is 58.9 Å². The van der Waals surface area contributed by atoms with E-state index >= 15 is 0 Å². The highest BCUT2D eigenvalue weighted by Gasteiger charge is 2.22. The van der Waals surface area contributed by atoms with E-state index in [1.54, 1.807) is 14.1 Å². The smallest absolute Gasteiger partial charge is 0.215 e. The van der Waals surface area contributed by atoms with Crippen molar-refractivity contribution in [1.82, 2.24) is 9.62 Å². The lowest BCUT2D eigenvalue weighted by Gasteiger charge is -2.26. The van der Waals surface area contributed by atoms with E-state index in [2.05, 4.69) is 5.32 Å². The minimum Gasteiger partial charge on any atom is -0.381 e. The normalized spacial score (nSPS) is 19.2. The van der Waals surface area contributed by atoms with Crippen LogP contribution in [0.25, 0.3) is 0 Å². The average Bonchev–Trinajstić information content (AvgIpc) is 2.28. The molecule has 0 aromatic rings. The summed E-state index contributed by atoms with van der Waals surface area (Å²) in [5.74, 6) is 0.617. The van der Waals surface area contributed by atoms with E-state index in [0.29, 0.717) is 19.0 Å². The molecule has 0 spiro atoms. The van der Waals surface area contributed by atoms with E-state index in [4.69, 9.17) is 4.74 Å². The predicted molar refractivity (Wildman–Crippen MR) is 63.9 cm³/mol. The van der Waals surface area contributed by atoms with Crippen LogP contribution < -0.4 is 5.32 Å². The third kappa shape index (κ3) is 4.37. The zero-order valence-electron chi connectivity index (χ0n) is 10.1. The maximum atomic E-state index is 11.8. The van der Waals surface area contributed by atoms with Crippen LogP contribution in [-0.2, 0) is 14.8 Å². The molecule has 1 heterocycles. The van der Waals surface area contributed by atoms with E-state index < -0.39 is 10.0 Å². The Bertz CT molecular complexity index is 286. The van der Waals surface area contributed by atoms with Gasteiger partial charge in [-0.05, 0) is 25.8 Å². The maximum absolute atomic E-state index is 11.8. The molecule has 1 fully saturated rings.